The number of hydrogen-bond donors (Lipinski definition) is 1. The van der Waals surface area contributed by atoms with Crippen molar-refractivity contribution in [1.82, 2.24) is 4.90 Å². The van der Waals surface area contributed by atoms with Gasteiger partial charge in [-0.3, -0.25) is 14.4 Å². The summed E-state index contributed by atoms with van der Waals surface area (Å²) < 4.78 is 24.2. The van der Waals surface area contributed by atoms with Gasteiger partial charge in [-0.25, -0.2) is 5.01 Å². The van der Waals surface area contributed by atoms with Crippen LogP contribution in [0, 0.1) is 5.92 Å². The van der Waals surface area contributed by atoms with Crippen molar-refractivity contribution in [2.45, 2.75) is 82.1 Å². The summed E-state index contributed by atoms with van der Waals surface area (Å²) in [6.07, 6.45) is 0.509. The van der Waals surface area contributed by atoms with E-state index in [-0.39, 0.29) is 37.3 Å². The van der Waals surface area contributed by atoms with Gasteiger partial charge in [-0.1, -0.05) is 89.6 Å². The fourth-order valence-electron chi connectivity index (χ4n) is 9.23. The smallest absolute Gasteiger partial charge is 0.264 e. The molecule has 0 aromatic heterocycles. The van der Waals surface area contributed by atoms with E-state index < -0.39 is 37.6 Å². The minimum atomic E-state index is -3.53. The highest BCUT2D eigenvalue weighted by Crippen LogP contribution is 2.60. The molecule has 0 radical (unpaired) electrons. The minimum absolute atomic E-state index is 0.0881. The van der Waals surface area contributed by atoms with Crippen LogP contribution in [0.1, 0.15) is 54.0 Å². The fourth-order valence-corrected chi connectivity index (χ4v) is 12.1. The van der Waals surface area contributed by atoms with E-state index in [2.05, 4.69) is 15.9 Å². The normalized spacial score (nSPS) is 25.0. The van der Waals surface area contributed by atoms with Crippen molar-refractivity contribution >= 4 is 59.1 Å². The third kappa shape index (κ3) is 6.66. The molecule has 4 heterocycles. The van der Waals surface area contributed by atoms with Crippen LogP contribution in [0.25, 0.3) is 0 Å². The summed E-state index contributed by atoms with van der Waals surface area (Å²) in [5, 5.41) is 16.4. The number of hydrazone groups is 1. The molecule has 4 aromatic rings. The third-order valence-corrected chi connectivity index (χ3v) is 14.8. The molecule has 0 aliphatic carbocycles. The van der Waals surface area contributed by atoms with E-state index in [1.54, 1.807) is 22.9 Å². The number of fused-ring (bicyclic) bond motifs is 3. The molecule has 1 fully saturated rings. The van der Waals surface area contributed by atoms with Crippen molar-refractivity contribution in [2.75, 3.05) is 16.5 Å². The van der Waals surface area contributed by atoms with Gasteiger partial charge in [0.15, 0.2) is 5.60 Å². The van der Waals surface area contributed by atoms with Crippen molar-refractivity contribution in [3.63, 3.8) is 0 Å². The molecule has 1 saturated heterocycles. The molecule has 3 amide bonds. The highest BCUT2D eigenvalue weighted by Gasteiger charge is 2.67. The summed E-state index contributed by atoms with van der Waals surface area (Å²) in [4.78, 5) is 45.5. The Balaban J connectivity index is 1.07. The average molecular weight is 824 g/mol. The molecular weight excluding hydrogens is 779 g/mol. The number of hydrogen-bond acceptors (Lipinski definition) is 6. The van der Waals surface area contributed by atoms with Crippen LogP contribution in [-0.2, 0) is 44.2 Å². The first-order chi connectivity index (χ1) is 26.4. The molecule has 9 nitrogen and oxygen atoms in total. The van der Waals surface area contributed by atoms with E-state index in [0.717, 1.165) is 32.4 Å². The first-order valence-electron chi connectivity index (χ1n) is 18.9. The molecule has 284 valence electrons. The Bertz CT molecular complexity index is 2180. The highest BCUT2D eigenvalue weighted by molar-refractivity contribution is 9.10. The Hall–Kier alpha value is -4.49. The zero-order chi connectivity index (χ0) is 38.6. The maximum absolute atomic E-state index is 16.6. The van der Waals surface area contributed by atoms with Crippen molar-refractivity contribution < 1.29 is 28.3 Å². The Morgan fingerprint density at radius 1 is 0.982 bits per heavy atom. The predicted molar refractivity (Wildman–Crippen MR) is 216 cm³/mol. The van der Waals surface area contributed by atoms with Crippen molar-refractivity contribution in [3.8, 4) is 0 Å². The summed E-state index contributed by atoms with van der Waals surface area (Å²) in [5.41, 5.74) is 4.57. The van der Waals surface area contributed by atoms with Crippen molar-refractivity contribution in [2.24, 2.45) is 11.0 Å². The van der Waals surface area contributed by atoms with E-state index in [9.17, 15) is 19.5 Å². The van der Waals surface area contributed by atoms with Crippen molar-refractivity contribution in [3.05, 3.63) is 129 Å². The van der Waals surface area contributed by atoms with Crippen LogP contribution in [0.4, 0.5) is 15.5 Å². The second-order valence-electron chi connectivity index (χ2n) is 15.6. The molecule has 8 rings (SSSR count). The lowest BCUT2D eigenvalue weighted by Gasteiger charge is -2.37. The number of carbonyl (C=O) groups excluding carboxylic acids is 3. The van der Waals surface area contributed by atoms with Gasteiger partial charge in [-0.05, 0) is 72.1 Å². The van der Waals surface area contributed by atoms with Gasteiger partial charge < -0.3 is 23.8 Å². The molecule has 4 aliphatic heterocycles. The number of ether oxygens (including phenoxy) is 1. The molecule has 4 aromatic carbocycles. The standard InChI is InChI=1S/C43H44BrFN4O5Si/c1-27-41(55(2,3)45)38(23-40(52)47-25-31-12-8-7-11-30(31)21-34(47)26-50)54-43(27)35-22-32(44)15-19-37(35)48(42(43)53)24-28-13-16-33(17-14-28)49-39(51)20-18-36(46-49)29-9-5-4-6-10-29/h4-17,19,22,27,34,38,41,50H,18,20-21,23-26H2,1-3H3/t27-,34+,38+,41-,43+/m1/s1. The van der Waals surface area contributed by atoms with Gasteiger partial charge in [0.05, 0.1) is 48.8 Å². The van der Waals surface area contributed by atoms with Gasteiger partial charge in [-0.15, -0.1) is 0 Å². The maximum atomic E-state index is 16.6. The Morgan fingerprint density at radius 2 is 1.69 bits per heavy atom. The molecule has 55 heavy (non-hydrogen) atoms. The molecule has 4 aliphatic rings. The van der Waals surface area contributed by atoms with Crippen molar-refractivity contribution in [1.29, 1.82) is 0 Å². The number of benzene rings is 4. The molecular formula is C43H44BrFN4O5Si. The van der Waals surface area contributed by atoms with Gasteiger partial charge in [-0.2, -0.15) is 5.10 Å². The van der Waals surface area contributed by atoms with E-state index in [0.29, 0.717) is 42.7 Å². The lowest BCUT2D eigenvalue weighted by atomic mass is 9.82. The van der Waals surface area contributed by atoms with E-state index in [1.165, 1.54) is 5.01 Å². The van der Waals surface area contributed by atoms with Crippen LogP contribution >= 0.6 is 15.9 Å². The number of amides is 3. The largest absolute Gasteiger partial charge is 0.394 e. The predicted octanol–water partition coefficient (Wildman–Crippen LogP) is 7.64. The average Bonchev–Trinajstić information content (AvgIpc) is 3.60. The second-order valence-corrected chi connectivity index (χ2v) is 20.4. The van der Waals surface area contributed by atoms with Gasteiger partial charge >= 0.3 is 0 Å². The lowest BCUT2D eigenvalue weighted by Crippen LogP contribution is -2.48. The van der Waals surface area contributed by atoms with Gasteiger partial charge in [0, 0.05) is 40.9 Å². The molecule has 12 heteroatoms. The third-order valence-electron chi connectivity index (χ3n) is 11.8. The molecule has 0 bridgehead atoms. The molecule has 1 N–H and O–H groups in total. The topological polar surface area (TPSA) is 103 Å². The van der Waals surface area contributed by atoms with Gasteiger partial charge in [0.25, 0.3) is 5.91 Å². The van der Waals surface area contributed by atoms with Crippen LogP contribution in [0.2, 0.25) is 18.6 Å². The van der Waals surface area contributed by atoms with Crippen LogP contribution in [0.3, 0.4) is 0 Å². The first kappa shape index (κ1) is 37.4. The lowest BCUT2D eigenvalue weighted by molar-refractivity contribution is -0.151. The minimum Gasteiger partial charge on any atom is -0.394 e. The number of rotatable bonds is 8. The van der Waals surface area contributed by atoms with Crippen LogP contribution in [0.15, 0.2) is 107 Å². The summed E-state index contributed by atoms with van der Waals surface area (Å²) in [5.74, 6) is -1.17. The Labute approximate surface area is 330 Å². The second kappa shape index (κ2) is 14.5. The molecule has 0 unspecified atom stereocenters. The SMILES string of the molecule is C[C@@H]1[C@@H]([Si](C)(C)F)[C@H](CC(=O)N2Cc3ccccc3C[C@H]2CO)O[C@@]12C(=O)N(Cc1ccc(N3N=C(c4ccccc4)CCC3=O)cc1)c1ccc(Br)cc12. The first-order valence-corrected chi connectivity index (χ1v) is 22.6. The van der Waals surface area contributed by atoms with Crippen LogP contribution in [-0.4, -0.2) is 60.6 Å². The number of carbonyl (C=O) groups is 3. The Morgan fingerprint density at radius 3 is 2.40 bits per heavy atom. The monoisotopic (exact) mass is 822 g/mol. The highest BCUT2D eigenvalue weighted by atomic mass is 79.9. The number of nitrogens with zero attached hydrogens (tertiary/aromatic N) is 4. The zero-order valence-corrected chi connectivity index (χ0v) is 33.7. The summed E-state index contributed by atoms with van der Waals surface area (Å²) in [7, 11) is -3.53. The quantitative estimate of drug-likeness (QED) is 0.146. The summed E-state index contributed by atoms with van der Waals surface area (Å²) in [6.45, 7) is 5.52. The molecule has 1 spiro atoms. The zero-order valence-electron chi connectivity index (χ0n) is 31.1. The van der Waals surface area contributed by atoms with Crippen LogP contribution < -0.4 is 9.91 Å². The van der Waals surface area contributed by atoms with E-state index >= 15 is 4.11 Å². The summed E-state index contributed by atoms with van der Waals surface area (Å²) in [6, 6.07) is 30.4. The van der Waals surface area contributed by atoms with E-state index in [1.807, 2.05) is 104 Å². The maximum Gasteiger partial charge on any atom is 0.264 e. The summed E-state index contributed by atoms with van der Waals surface area (Å²) >= 11 is 3.60. The van der Waals surface area contributed by atoms with Gasteiger partial charge in [0.1, 0.15) is 0 Å². The van der Waals surface area contributed by atoms with Crippen LogP contribution in [0.5, 0.6) is 0 Å². The fraction of sp³-hybridized carbons (Fsp3) is 0.349. The van der Waals surface area contributed by atoms with E-state index in [4.69, 9.17) is 9.84 Å². The number of aliphatic hydroxyl groups is 1. The number of anilines is 2. The molecule has 0 saturated carbocycles. The Kier molecular flexibility index (Phi) is 9.90. The number of halogens is 2. The molecule has 5 atom stereocenters. The number of aliphatic hydroxyl groups excluding tert-OH is 1. The van der Waals surface area contributed by atoms with Gasteiger partial charge in [0.2, 0.25) is 20.2 Å².